The molecule has 0 bridgehead atoms. The molecule has 1 N–H and O–H groups in total. The summed E-state index contributed by atoms with van der Waals surface area (Å²) in [5, 5.41) is 7.59. The average molecular weight is 138 g/mol. The van der Waals surface area contributed by atoms with Gasteiger partial charge >= 0.3 is 7.68 Å². The van der Waals surface area contributed by atoms with Crippen LogP contribution in [0.15, 0.2) is 0 Å². The van der Waals surface area contributed by atoms with E-state index in [2.05, 4.69) is 12.2 Å². The monoisotopic (exact) mass is 138 g/mol. The first-order valence-corrected chi connectivity index (χ1v) is 3.23. The van der Waals surface area contributed by atoms with E-state index >= 15 is 0 Å². The minimum atomic E-state index is -2.53. The summed E-state index contributed by atoms with van der Waals surface area (Å²) in [5.41, 5.74) is 0. The van der Waals surface area contributed by atoms with Crippen molar-refractivity contribution >= 4 is 24.9 Å². The van der Waals surface area contributed by atoms with Crippen LogP contribution >= 0.6 is 19.9 Å². The smallest absolute Gasteiger partial charge is 0.324 e. The molecule has 40 valence electrons. The molecule has 0 amide bonds. The van der Waals surface area contributed by atoms with E-state index in [0.29, 0.717) is 0 Å². The van der Waals surface area contributed by atoms with Gasteiger partial charge in [-0.3, -0.25) is 0 Å². The average Bonchev–Trinajstić information content (AvgIpc) is 1.27. The molecule has 0 heterocycles. The number of thiocarbonyl (C=S) groups is 1. The third-order valence-electron chi connectivity index (χ3n) is 0.264. The Morgan fingerprint density at radius 2 is 2.14 bits per heavy atom. The maximum atomic E-state index is 9.60. The van der Waals surface area contributed by atoms with Gasteiger partial charge in [-0.05, 0) is 12.2 Å². The molecule has 0 aliphatic rings. The molecular formula is C2H3O3PS. The van der Waals surface area contributed by atoms with Gasteiger partial charge in [0.25, 0.3) is 0 Å². The van der Waals surface area contributed by atoms with Crippen LogP contribution in [-0.4, -0.2) is 16.3 Å². The number of aliphatic hydroxyl groups excluding tert-OH is 1. The molecular weight excluding hydrogens is 135 g/mol. The molecule has 0 aromatic carbocycles. The highest BCUT2D eigenvalue weighted by atomic mass is 32.1. The van der Waals surface area contributed by atoms with Crippen molar-refractivity contribution in [3.63, 3.8) is 0 Å². The Balaban J connectivity index is 3.53. The second-order valence-electron chi connectivity index (χ2n) is 0.885. The lowest BCUT2D eigenvalue weighted by atomic mass is 10.9. The van der Waals surface area contributed by atoms with Crippen molar-refractivity contribution in [3.8, 4) is 0 Å². The van der Waals surface area contributed by atoms with Crippen LogP contribution in [0.1, 0.15) is 0 Å². The molecule has 7 heavy (non-hydrogen) atoms. The SMILES string of the molecule is O=P(=O)CC(O)=S. The molecule has 5 heteroatoms. The van der Waals surface area contributed by atoms with Crippen molar-refractivity contribution in [3.05, 3.63) is 0 Å². The molecule has 0 aliphatic heterocycles. The van der Waals surface area contributed by atoms with Crippen molar-refractivity contribution < 1.29 is 14.2 Å². The molecule has 0 aromatic rings. The molecule has 0 fully saturated rings. The lowest BCUT2D eigenvalue weighted by Crippen LogP contribution is -1.90. The van der Waals surface area contributed by atoms with Gasteiger partial charge in [-0.15, -0.1) is 0 Å². The fraction of sp³-hybridized carbons (Fsp3) is 0.500. The predicted octanol–water partition coefficient (Wildman–Crippen LogP) is 1.04. The van der Waals surface area contributed by atoms with E-state index in [9.17, 15) is 9.13 Å². The molecule has 0 radical (unpaired) electrons. The first-order valence-electron chi connectivity index (χ1n) is 1.46. The molecule has 0 unspecified atom stereocenters. The van der Waals surface area contributed by atoms with Gasteiger partial charge in [0, 0.05) is 0 Å². The lowest BCUT2D eigenvalue weighted by Gasteiger charge is -1.76. The summed E-state index contributed by atoms with van der Waals surface area (Å²) < 4.78 is 19.2. The molecule has 0 spiro atoms. The third kappa shape index (κ3) is 5.79. The van der Waals surface area contributed by atoms with Gasteiger partial charge in [-0.25, -0.2) is 9.13 Å². The van der Waals surface area contributed by atoms with Gasteiger partial charge in [0.2, 0.25) is 0 Å². The summed E-state index contributed by atoms with van der Waals surface area (Å²) in [5.74, 6) is 0. The predicted molar refractivity (Wildman–Crippen MR) is 28.4 cm³/mol. The normalized spacial score (nSPS) is 8.00. The van der Waals surface area contributed by atoms with Crippen LogP contribution in [0.2, 0.25) is 0 Å². The maximum Gasteiger partial charge on any atom is 0.324 e. The quantitative estimate of drug-likeness (QED) is 0.457. The highest BCUT2D eigenvalue weighted by molar-refractivity contribution is 7.80. The largest absolute Gasteiger partial charge is 0.501 e. The topological polar surface area (TPSA) is 54.4 Å². The van der Waals surface area contributed by atoms with Gasteiger partial charge in [-0.1, -0.05) is 0 Å². The Kier molecular flexibility index (Phi) is 2.79. The molecule has 0 atom stereocenters. The number of hydrogen-bond acceptors (Lipinski definition) is 3. The molecule has 0 saturated carbocycles. The first kappa shape index (κ1) is 6.79. The van der Waals surface area contributed by atoms with Gasteiger partial charge < -0.3 is 5.11 Å². The Morgan fingerprint density at radius 3 is 2.14 bits per heavy atom. The van der Waals surface area contributed by atoms with Crippen LogP contribution in [0.5, 0.6) is 0 Å². The van der Waals surface area contributed by atoms with Crippen LogP contribution in [0.4, 0.5) is 0 Å². The molecule has 0 aromatic heterocycles. The Bertz CT molecular complexity index is 130. The first-order chi connectivity index (χ1) is 3.13. The molecule has 0 saturated heterocycles. The van der Waals surface area contributed by atoms with E-state index in [1.807, 2.05) is 0 Å². The second-order valence-corrected chi connectivity index (χ2v) is 2.34. The summed E-state index contributed by atoms with van der Waals surface area (Å²) in [6.45, 7) is 0. The van der Waals surface area contributed by atoms with Crippen LogP contribution in [0, 0.1) is 0 Å². The zero-order valence-electron chi connectivity index (χ0n) is 3.33. The van der Waals surface area contributed by atoms with Crippen molar-refractivity contribution in [2.45, 2.75) is 0 Å². The van der Waals surface area contributed by atoms with Gasteiger partial charge in [0.15, 0.2) is 5.05 Å². The highest BCUT2D eigenvalue weighted by Gasteiger charge is 1.93. The fourth-order valence-electron chi connectivity index (χ4n) is 0.110. The van der Waals surface area contributed by atoms with Crippen LogP contribution in [0.3, 0.4) is 0 Å². The lowest BCUT2D eigenvalue weighted by molar-refractivity contribution is 0.513. The highest BCUT2D eigenvalue weighted by Crippen LogP contribution is 2.00. The maximum absolute atomic E-state index is 9.60. The summed E-state index contributed by atoms with van der Waals surface area (Å²) >= 11 is 4.04. The Hall–Kier alpha value is -0.210. The van der Waals surface area contributed by atoms with E-state index in [-0.39, 0.29) is 0 Å². The van der Waals surface area contributed by atoms with E-state index in [4.69, 9.17) is 5.11 Å². The molecule has 3 nitrogen and oxygen atoms in total. The van der Waals surface area contributed by atoms with Gasteiger partial charge in [-0.2, -0.15) is 0 Å². The number of rotatable bonds is 2. The third-order valence-corrected chi connectivity index (χ3v) is 1.18. The van der Waals surface area contributed by atoms with Crippen molar-refractivity contribution in [2.75, 3.05) is 6.16 Å². The zero-order chi connectivity index (χ0) is 5.86. The minimum absolute atomic E-state index is 0.398. The van der Waals surface area contributed by atoms with E-state index in [1.54, 1.807) is 0 Å². The standard InChI is InChI=1S/C2H3O3PS/c3-2(7)1-6(4)5/h1H2,(H,3,7). The van der Waals surface area contributed by atoms with Crippen LogP contribution in [0.25, 0.3) is 0 Å². The number of aliphatic hydroxyl groups is 1. The number of hydrogen-bond donors (Lipinski definition) is 1. The molecule has 0 aliphatic carbocycles. The van der Waals surface area contributed by atoms with Gasteiger partial charge in [0.05, 0.1) is 0 Å². The van der Waals surface area contributed by atoms with E-state index in [0.717, 1.165) is 0 Å². The van der Waals surface area contributed by atoms with Crippen LogP contribution < -0.4 is 0 Å². The summed E-state index contributed by atoms with van der Waals surface area (Å²) in [4.78, 5) is 0. The van der Waals surface area contributed by atoms with Crippen molar-refractivity contribution in [1.82, 2.24) is 0 Å². The fourth-order valence-corrected chi connectivity index (χ4v) is 0.648. The Labute approximate surface area is 46.2 Å². The van der Waals surface area contributed by atoms with E-state index in [1.165, 1.54) is 0 Å². The summed E-state index contributed by atoms with van der Waals surface area (Å²) in [6, 6.07) is 0. The summed E-state index contributed by atoms with van der Waals surface area (Å²) in [6.07, 6.45) is -0.398. The Morgan fingerprint density at radius 1 is 1.71 bits per heavy atom. The van der Waals surface area contributed by atoms with Gasteiger partial charge in [0.1, 0.15) is 6.16 Å². The van der Waals surface area contributed by atoms with Crippen molar-refractivity contribution in [1.29, 1.82) is 0 Å². The second kappa shape index (κ2) is 2.88. The van der Waals surface area contributed by atoms with Crippen molar-refractivity contribution in [2.24, 2.45) is 0 Å². The van der Waals surface area contributed by atoms with Crippen LogP contribution in [-0.2, 0) is 9.13 Å². The minimum Gasteiger partial charge on any atom is -0.501 e. The summed E-state index contributed by atoms with van der Waals surface area (Å²) in [7, 11) is -2.53. The van der Waals surface area contributed by atoms with E-state index < -0.39 is 18.9 Å². The molecule has 0 rings (SSSR count). The zero-order valence-corrected chi connectivity index (χ0v) is 5.04.